The SMILES string of the molecule is CCOC(=O)CCN=C(N)NN. The number of aliphatic imine (C=N–C) groups is 1. The van der Waals surface area contributed by atoms with Gasteiger partial charge in [0.05, 0.1) is 19.6 Å². The summed E-state index contributed by atoms with van der Waals surface area (Å²) in [6, 6.07) is 0. The molecule has 0 aromatic carbocycles. The van der Waals surface area contributed by atoms with Crippen molar-refractivity contribution < 1.29 is 9.53 Å². The molecule has 12 heavy (non-hydrogen) atoms. The Hall–Kier alpha value is -1.30. The van der Waals surface area contributed by atoms with Crippen LogP contribution in [0.25, 0.3) is 0 Å². The Balaban J connectivity index is 3.48. The van der Waals surface area contributed by atoms with Gasteiger partial charge in [-0.15, -0.1) is 0 Å². The Morgan fingerprint density at radius 2 is 2.33 bits per heavy atom. The molecular formula is C6H14N4O2. The number of hydrazine groups is 1. The van der Waals surface area contributed by atoms with Gasteiger partial charge in [-0.25, -0.2) is 5.84 Å². The highest BCUT2D eigenvalue weighted by Crippen LogP contribution is 1.86. The van der Waals surface area contributed by atoms with Gasteiger partial charge >= 0.3 is 5.97 Å². The van der Waals surface area contributed by atoms with E-state index in [1.807, 2.05) is 0 Å². The van der Waals surface area contributed by atoms with E-state index in [9.17, 15) is 4.79 Å². The van der Waals surface area contributed by atoms with Crippen molar-refractivity contribution in [1.82, 2.24) is 5.43 Å². The molecule has 0 aromatic heterocycles. The summed E-state index contributed by atoms with van der Waals surface area (Å²) in [5.74, 6) is 4.75. The van der Waals surface area contributed by atoms with Crippen LogP contribution in [0.5, 0.6) is 0 Å². The first kappa shape index (κ1) is 10.7. The summed E-state index contributed by atoms with van der Waals surface area (Å²) in [4.78, 5) is 14.5. The molecule has 5 N–H and O–H groups in total. The summed E-state index contributed by atoms with van der Waals surface area (Å²) >= 11 is 0. The molecule has 0 rings (SSSR count). The number of hydrogen-bond donors (Lipinski definition) is 3. The lowest BCUT2D eigenvalue weighted by atomic mass is 10.4. The Kier molecular flexibility index (Phi) is 5.72. The minimum absolute atomic E-state index is 0.110. The predicted octanol–water partition coefficient (Wildman–Crippen LogP) is -1.28. The standard InChI is InChI=1S/C6H14N4O2/c1-2-12-5(11)3-4-9-6(7)10-8/h2-4,8H2,1H3,(H3,7,9,10). The molecule has 0 radical (unpaired) electrons. The van der Waals surface area contributed by atoms with Gasteiger partial charge < -0.3 is 10.5 Å². The van der Waals surface area contributed by atoms with Crippen LogP contribution in [0.3, 0.4) is 0 Å². The third kappa shape index (κ3) is 5.48. The highest BCUT2D eigenvalue weighted by atomic mass is 16.5. The highest BCUT2D eigenvalue weighted by molar-refractivity contribution is 5.77. The highest BCUT2D eigenvalue weighted by Gasteiger charge is 1.99. The molecule has 70 valence electrons. The lowest BCUT2D eigenvalue weighted by molar-refractivity contribution is -0.142. The molecule has 0 saturated heterocycles. The summed E-state index contributed by atoms with van der Waals surface area (Å²) < 4.78 is 4.66. The zero-order valence-electron chi connectivity index (χ0n) is 7.04. The average molecular weight is 174 g/mol. The third-order valence-electron chi connectivity index (χ3n) is 1.05. The number of nitrogens with zero attached hydrogens (tertiary/aromatic N) is 1. The third-order valence-corrected chi connectivity index (χ3v) is 1.05. The largest absolute Gasteiger partial charge is 0.466 e. The number of nitrogens with one attached hydrogen (secondary N) is 1. The van der Waals surface area contributed by atoms with Crippen molar-refractivity contribution in [2.45, 2.75) is 13.3 Å². The molecule has 0 unspecified atom stereocenters. The number of rotatable bonds is 4. The second kappa shape index (κ2) is 6.41. The van der Waals surface area contributed by atoms with Gasteiger partial charge in [0.25, 0.3) is 0 Å². The van der Waals surface area contributed by atoms with E-state index < -0.39 is 0 Å². The molecule has 6 heteroatoms. The number of hydrogen-bond acceptors (Lipinski definition) is 4. The van der Waals surface area contributed by atoms with Crippen molar-refractivity contribution in [3.05, 3.63) is 0 Å². The minimum atomic E-state index is -0.286. The van der Waals surface area contributed by atoms with Crippen LogP contribution in [-0.4, -0.2) is 25.1 Å². The molecule has 0 aliphatic rings. The van der Waals surface area contributed by atoms with Crippen LogP contribution in [0, 0.1) is 0 Å². The number of carbonyl (C=O) groups is 1. The van der Waals surface area contributed by atoms with E-state index >= 15 is 0 Å². The first-order chi connectivity index (χ1) is 5.70. The number of esters is 1. The first-order valence-electron chi connectivity index (χ1n) is 3.62. The lowest BCUT2D eigenvalue weighted by Gasteiger charge is -1.99. The van der Waals surface area contributed by atoms with Crippen LogP contribution in [-0.2, 0) is 9.53 Å². The summed E-state index contributed by atoms with van der Waals surface area (Å²) in [6.07, 6.45) is 0.218. The van der Waals surface area contributed by atoms with Crippen LogP contribution in [0.2, 0.25) is 0 Å². The zero-order valence-corrected chi connectivity index (χ0v) is 7.04. The van der Waals surface area contributed by atoms with Crippen LogP contribution < -0.4 is 17.0 Å². The molecule has 0 aliphatic heterocycles. The monoisotopic (exact) mass is 174 g/mol. The average Bonchev–Trinajstić information content (AvgIpc) is 2.04. The van der Waals surface area contributed by atoms with E-state index in [2.05, 4.69) is 15.2 Å². The Labute approximate surface area is 70.9 Å². The Morgan fingerprint density at radius 3 is 2.83 bits per heavy atom. The second-order valence-electron chi connectivity index (χ2n) is 1.97. The van der Waals surface area contributed by atoms with E-state index in [1.165, 1.54) is 0 Å². The normalized spacial score (nSPS) is 11.0. The van der Waals surface area contributed by atoms with Gasteiger partial charge in [-0.05, 0) is 6.92 Å². The number of nitrogens with two attached hydrogens (primary N) is 2. The maximum Gasteiger partial charge on any atom is 0.307 e. The maximum atomic E-state index is 10.7. The zero-order chi connectivity index (χ0) is 9.40. The summed E-state index contributed by atoms with van der Waals surface area (Å²) in [6.45, 7) is 2.42. The summed E-state index contributed by atoms with van der Waals surface area (Å²) in [5.41, 5.74) is 7.34. The van der Waals surface area contributed by atoms with Gasteiger partial charge in [-0.1, -0.05) is 0 Å². The fourth-order valence-corrected chi connectivity index (χ4v) is 0.546. The molecule has 0 heterocycles. The Morgan fingerprint density at radius 1 is 1.67 bits per heavy atom. The van der Waals surface area contributed by atoms with Crippen LogP contribution in [0.15, 0.2) is 4.99 Å². The molecule has 0 fully saturated rings. The van der Waals surface area contributed by atoms with Crippen LogP contribution in [0.1, 0.15) is 13.3 Å². The molecule has 0 atom stereocenters. The quantitative estimate of drug-likeness (QED) is 0.162. The van der Waals surface area contributed by atoms with Gasteiger partial charge in [-0.3, -0.25) is 15.2 Å². The van der Waals surface area contributed by atoms with E-state index in [0.29, 0.717) is 6.61 Å². The maximum absolute atomic E-state index is 10.7. The fourth-order valence-electron chi connectivity index (χ4n) is 0.546. The topological polar surface area (TPSA) is 103 Å². The van der Waals surface area contributed by atoms with Gasteiger partial charge in [-0.2, -0.15) is 0 Å². The summed E-state index contributed by atoms with van der Waals surface area (Å²) in [7, 11) is 0. The van der Waals surface area contributed by atoms with Crippen LogP contribution >= 0.6 is 0 Å². The van der Waals surface area contributed by atoms with Gasteiger partial charge in [0, 0.05) is 0 Å². The first-order valence-corrected chi connectivity index (χ1v) is 3.62. The molecule has 0 aliphatic carbocycles. The van der Waals surface area contributed by atoms with E-state index in [-0.39, 0.29) is 24.9 Å². The van der Waals surface area contributed by atoms with Crippen molar-refractivity contribution in [3.8, 4) is 0 Å². The minimum Gasteiger partial charge on any atom is -0.466 e. The fraction of sp³-hybridized carbons (Fsp3) is 0.667. The van der Waals surface area contributed by atoms with Gasteiger partial charge in [0.2, 0.25) is 5.96 Å². The number of guanidine groups is 1. The van der Waals surface area contributed by atoms with Gasteiger partial charge in [0.15, 0.2) is 0 Å². The molecule has 0 aromatic rings. The van der Waals surface area contributed by atoms with Crippen molar-refractivity contribution in [2.24, 2.45) is 16.6 Å². The molecule has 0 saturated carbocycles. The molecular weight excluding hydrogens is 160 g/mol. The molecule has 6 nitrogen and oxygen atoms in total. The molecule has 0 amide bonds. The van der Waals surface area contributed by atoms with E-state index in [1.54, 1.807) is 6.92 Å². The van der Waals surface area contributed by atoms with Crippen molar-refractivity contribution in [2.75, 3.05) is 13.2 Å². The van der Waals surface area contributed by atoms with Crippen molar-refractivity contribution in [1.29, 1.82) is 0 Å². The number of ether oxygens (including phenoxy) is 1. The van der Waals surface area contributed by atoms with E-state index in [0.717, 1.165) is 0 Å². The summed E-state index contributed by atoms with van der Waals surface area (Å²) in [5, 5.41) is 0. The predicted molar refractivity (Wildman–Crippen MR) is 45.1 cm³/mol. The van der Waals surface area contributed by atoms with Crippen LogP contribution in [0.4, 0.5) is 0 Å². The Bertz CT molecular complexity index is 169. The van der Waals surface area contributed by atoms with E-state index in [4.69, 9.17) is 11.6 Å². The molecule has 0 bridgehead atoms. The number of carbonyl (C=O) groups excluding carboxylic acids is 1. The second-order valence-corrected chi connectivity index (χ2v) is 1.97. The van der Waals surface area contributed by atoms with Crippen molar-refractivity contribution >= 4 is 11.9 Å². The lowest BCUT2D eigenvalue weighted by Crippen LogP contribution is -2.37. The van der Waals surface area contributed by atoms with Crippen molar-refractivity contribution in [3.63, 3.8) is 0 Å². The molecule has 0 spiro atoms. The van der Waals surface area contributed by atoms with Gasteiger partial charge in [0.1, 0.15) is 0 Å². The smallest absolute Gasteiger partial charge is 0.307 e.